The van der Waals surface area contributed by atoms with E-state index in [1.54, 1.807) is 0 Å². The van der Waals surface area contributed by atoms with Crippen molar-refractivity contribution in [1.82, 2.24) is 15.6 Å². The van der Waals surface area contributed by atoms with Gasteiger partial charge in [-0.05, 0) is 18.6 Å². The number of aromatic nitrogens is 1. The van der Waals surface area contributed by atoms with Crippen LogP contribution in [0.2, 0.25) is 0 Å². The standard InChI is InChI=1S/C14H17N3O2.ClH/c1-9-3-2-4-11-13(9)17-12(19-11)5-6-16-14(18)10-7-15-8-10;/h2-4,10,15H,5-8H2,1H3,(H,16,18);1H. The summed E-state index contributed by atoms with van der Waals surface area (Å²) in [6, 6.07) is 5.88. The largest absolute Gasteiger partial charge is 0.441 e. The Labute approximate surface area is 123 Å². The maximum Gasteiger partial charge on any atom is 0.225 e. The molecule has 0 atom stereocenters. The van der Waals surface area contributed by atoms with Gasteiger partial charge in [-0.15, -0.1) is 12.4 Å². The summed E-state index contributed by atoms with van der Waals surface area (Å²) in [4.78, 5) is 16.1. The van der Waals surface area contributed by atoms with E-state index in [1.807, 2.05) is 25.1 Å². The van der Waals surface area contributed by atoms with Crippen LogP contribution < -0.4 is 10.6 Å². The molecule has 2 N–H and O–H groups in total. The number of hydrogen-bond acceptors (Lipinski definition) is 4. The van der Waals surface area contributed by atoms with Crippen molar-refractivity contribution in [1.29, 1.82) is 0 Å². The van der Waals surface area contributed by atoms with Gasteiger partial charge in [-0.3, -0.25) is 4.79 Å². The zero-order valence-electron chi connectivity index (χ0n) is 11.3. The molecule has 0 unspecified atom stereocenters. The van der Waals surface area contributed by atoms with Gasteiger partial charge in [-0.1, -0.05) is 12.1 Å². The Hall–Kier alpha value is -1.59. The van der Waals surface area contributed by atoms with E-state index < -0.39 is 0 Å². The van der Waals surface area contributed by atoms with Crippen LogP contribution in [0.25, 0.3) is 11.1 Å². The van der Waals surface area contributed by atoms with E-state index in [0.29, 0.717) is 18.9 Å². The van der Waals surface area contributed by atoms with E-state index in [-0.39, 0.29) is 24.2 Å². The van der Waals surface area contributed by atoms with Crippen LogP contribution >= 0.6 is 12.4 Å². The van der Waals surface area contributed by atoms with Crippen LogP contribution in [-0.4, -0.2) is 30.5 Å². The minimum Gasteiger partial charge on any atom is -0.441 e. The number of para-hydroxylation sites is 1. The number of nitrogens with zero attached hydrogens (tertiary/aromatic N) is 1. The van der Waals surface area contributed by atoms with Gasteiger partial charge < -0.3 is 15.1 Å². The maximum atomic E-state index is 11.6. The highest BCUT2D eigenvalue weighted by atomic mass is 35.5. The highest BCUT2D eigenvalue weighted by Crippen LogP contribution is 2.18. The molecular formula is C14H18ClN3O2. The summed E-state index contributed by atoms with van der Waals surface area (Å²) in [6.07, 6.45) is 0.625. The lowest BCUT2D eigenvalue weighted by molar-refractivity contribution is -0.126. The number of carbonyl (C=O) groups is 1. The van der Waals surface area contributed by atoms with Crippen LogP contribution in [0.4, 0.5) is 0 Å². The lowest BCUT2D eigenvalue weighted by atomic mass is 10.0. The minimum atomic E-state index is 0. The number of aryl methyl sites for hydroxylation is 1. The van der Waals surface area contributed by atoms with Crippen molar-refractivity contribution in [3.8, 4) is 0 Å². The average molecular weight is 296 g/mol. The lowest BCUT2D eigenvalue weighted by Gasteiger charge is -2.25. The van der Waals surface area contributed by atoms with E-state index in [9.17, 15) is 4.79 Å². The van der Waals surface area contributed by atoms with Crippen molar-refractivity contribution in [2.24, 2.45) is 5.92 Å². The maximum absolute atomic E-state index is 11.6. The molecule has 0 spiro atoms. The van der Waals surface area contributed by atoms with Crippen LogP contribution in [0, 0.1) is 12.8 Å². The van der Waals surface area contributed by atoms with Crippen LogP contribution in [0.15, 0.2) is 22.6 Å². The van der Waals surface area contributed by atoms with Crippen LogP contribution in [-0.2, 0) is 11.2 Å². The number of hydrogen-bond donors (Lipinski definition) is 2. The summed E-state index contributed by atoms with van der Waals surface area (Å²) < 4.78 is 5.66. The van der Waals surface area contributed by atoms with Crippen LogP contribution in [0.1, 0.15) is 11.5 Å². The van der Waals surface area contributed by atoms with Gasteiger partial charge in [-0.2, -0.15) is 0 Å². The van der Waals surface area contributed by atoms with Crippen molar-refractivity contribution in [2.75, 3.05) is 19.6 Å². The summed E-state index contributed by atoms with van der Waals surface area (Å²) in [7, 11) is 0. The molecule has 1 aromatic carbocycles. The molecule has 1 aliphatic heterocycles. The fourth-order valence-corrected chi connectivity index (χ4v) is 2.15. The lowest BCUT2D eigenvalue weighted by Crippen LogP contribution is -2.51. The Kier molecular flexibility index (Phi) is 4.62. The van der Waals surface area contributed by atoms with Crippen LogP contribution in [0.5, 0.6) is 0 Å². The normalized spacial score (nSPS) is 14.7. The minimum absolute atomic E-state index is 0. The van der Waals surface area contributed by atoms with E-state index in [0.717, 1.165) is 29.8 Å². The van der Waals surface area contributed by atoms with E-state index >= 15 is 0 Å². The first kappa shape index (κ1) is 14.8. The second kappa shape index (κ2) is 6.24. The Morgan fingerprint density at radius 3 is 2.95 bits per heavy atom. The van der Waals surface area contributed by atoms with Gasteiger partial charge in [0.2, 0.25) is 5.91 Å². The topological polar surface area (TPSA) is 67.2 Å². The SMILES string of the molecule is Cc1cccc2oc(CCNC(=O)C3CNC3)nc12.Cl. The summed E-state index contributed by atoms with van der Waals surface area (Å²) in [5, 5.41) is 6.00. The first-order chi connectivity index (χ1) is 9.24. The first-order valence-corrected chi connectivity index (χ1v) is 6.57. The molecule has 0 saturated carbocycles. The molecule has 2 aromatic rings. The summed E-state index contributed by atoms with van der Waals surface area (Å²) in [5.41, 5.74) is 2.83. The van der Waals surface area contributed by atoms with Gasteiger partial charge in [0.05, 0.1) is 5.92 Å². The van der Waals surface area contributed by atoms with E-state index in [1.165, 1.54) is 0 Å². The number of halogens is 1. The zero-order chi connectivity index (χ0) is 13.2. The van der Waals surface area contributed by atoms with Crippen molar-refractivity contribution < 1.29 is 9.21 Å². The average Bonchev–Trinajstić information content (AvgIpc) is 2.71. The molecule has 5 nitrogen and oxygen atoms in total. The highest BCUT2D eigenvalue weighted by molar-refractivity contribution is 5.85. The summed E-state index contributed by atoms with van der Waals surface area (Å²) in [5.74, 6) is 0.924. The molecule has 3 rings (SSSR count). The molecule has 0 bridgehead atoms. The number of carbonyl (C=O) groups excluding carboxylic acids is 1. The molecule has 1 fully saturated rings. The van der Waals surface area contributed by atoms with Crippen molar-refractivity contribution in [3.63, 3.8) is 0 Å². The molecule has 108 valence electrons. The smallest absolute Gasteiger partial charge is 0.225 e. The Morgan fingerprint density at radius 1 is 1.50 bits per heavy atom. The first-order valence-electron chi connectivity index (χ1n) is 6.57. The molecule has 1 aliphatic rings. The summed E-state index contributed by atoms with van der Waals surface area (Å²) >= 11 is 0. The quantitative estimate of drug-likeness (QED) is 0.895. The van der Waals surface area contributed by atoms with Crippen molar-refractivity contribution in [2.45, 2.75) is 13.3 Å². The number of nitrogens with one attached hydrogen (secondary N) is 2. The number of fused-ring (bicyclic) bond motifs is 1. The van der Waals surface area contributed by atoms with E-state index in [2.05, 4.69) is 15.6 Å². The molecule has 1 amide bonds. The molecule has 1 aromatic heterocycles. The number of oxazole rings is 1. The van der Waals surface area contributed by atoms with E-state index in [4.69, 9.17) is 4.42 Å². The molecule has 0 radical (unpaired) electrons. The predicted molar refractivity (Wildman–Crippen MR) is 79.1 cm³/mol. The molecule has 1 saturated heterocycles. The Bertz CT molecular complexity index is 607. The number of benzene rings is 1. The fraction of sp³-hybridized carbons (Fsp3) is 0.429. The monoisotopic (exact) mass is 295 g/mol. The third-order valence-electron chi connectivity index (χ3n) is 3.46. The number of rotatable bonds is 4. The molecule has 6 heteroatoms. The Balaban J connectivity index is 0.00000147. The van der Waals surface area contributed by atoms with Crippen LogP contribution in [0.3, 0.4) is 0 Å². The number of amides is 1. The predicted octanol–water partition coefficient (Wildman–Crippen LogP) is 1.44. The van der Waals surface area contributed by atoms with Gasteiger partial charge in [0.25, 0.3) is 0 Å². The van der Waals surface area contributed by atoms with Crippen molar-refractivity contribution >= 4 is 29.4 Å². The summed E-state index contributed by atoms with van der Waals surface area (Å²) in [6.45, 7) is 4.16. The Morgan fingerprint density at radius 2 is 2.30 bits per heavy atom. The molecule has 20 heavy (non-hydrogen) atoms. The molecule has 2 heterocycles. The van der Waals surface area contributed by atoms with Gasteiger partial charge in [-0.25, -0.2) is 4.98 Å². The van der Waals surface area contributed by atoms with Gasteiger partial charge >= 0.3 is 0 Å². The molecule has 0 aliphatic carbocycles. The fourth-order valence-electron chi connectivity index (χ4n) is 2.15. The second-order valence-corrected chi connectivity index (χ2v) is 4.93. The van der Waals surface area contributed by atoms with Crippen molar-refractivity contribution in [3.05, 3.63) is 29.7 Å². The highest BCUT2D eigenvalue weighted by Gasteiger charge is 2.24. The zero-order valence-corrected chi connectivity index (χ0v) is 12.1. The van der Waals surface area contributed by atoms with Gasteiger partial charge in [0.15, 0.2) is 11.5 Å². The second-order valence-electron chi connectivity index (χ2n) is 4.93. The van der Waals surface area contributed by atoms with Gasteiger partial charge in [0.1, 0.15) is 5.52 Å². The van der Waals surface area contributed by atoms with Gasteiger partial charge in [0, 0.05) is 26.1 Å². The molecular weight excluding hydrogens is 278 g/mol. The third-order valence-corrected chi connectivity index (χ3v) is 3.46. The third kappa shape index (κ3) is 2.94.